The van der Waals surface area contributed by atoms with Gasteiger partial charge in [-0.05, 0) is 36.5 Å². The lowest BCUT2D eigenvalue weighted by atomic mass is 9.96. The molecule has 2 N–H and O–H groups in total. The lowest BCUT2D eigenvalue weighted by molar-refractivity contribution is 0.0697. The molecule has 2 rings (SSSR count). The Labute approximate surface area is 128 Å². The van der Waals surface area contributed by atoms with Gasteiger partial charge in [0.2, 0.25) is 0 Å². The molecule has 3 nitrogen and oxygen atoms in total. The highest BCUT2D eigenvalue weighted by molar-refractivity contribution is 9.10. The Kier molecular flexibility index (Phi) is 5.61. The molecule has 0 bridgehead atoms. The Bertz CT molecular complexity index is 476. The molecular weight excluding hydrogens is 318 g/mol. The van der Waals surface area contributed by atoms with Crippen LogP contribution in [0.25, 0.3) is 0 Å². The first-order chi connectivity index (χ1) is 9.58. The maximum atomic E-state index is 10.9. The minimum atomic E-state index is -0.886. The first-order valence-corrected chi connectivity index (χ1v) is 8.12. The average molecular weight is 340 g/mol. The van der Waals surface area contributed by atoms with E-state index in [-0.39, 0.29) is 0 Å². The van der Waals surface area contributed by atoms with Gasteiger partial charge in [0.05, 0.1) is 5.56 Å². The Morgan fingerprint density at radius 2 is 2.10 bits per heavy atom. The first kappa shape index (κ1) is 15.5. The number of hydrogen-bond donors (Lipinski definition) is 2. The Hall–Kier alpha value is -0.870. The van der Waals surface area contributed by atoms with Crippen molar-refractivity contribution in [3.8, 4) is 0 Å². The van der Waals surface area contributed by atoms with Gasteiger partial charge in [-0.2, -0.15) is 0 Å². The molecular formula is C16H22BrNO2. The van der Waals surface area contributed by atoms with Crippen molar-refractivity contribution >= 4 is 21.9 Å². The number of aromatic carboxylic acids is 1. The summed E-state index contributed by atoms with van der Waals surface area (Å²) >= 11 is 3.47. The van der Waals surface area contributed by atoms with Gasteiger partial charge in [-0.3, -0.25) is 0 Å². The van der Waals surface area contributed by atoms with E-state index in [9.17, 15) is 4.79 Å². The number of halogens is 1. The van der Waals surface area contributed by atoms with Gasteiger partial charge in [-0.1, -0.05) is 48.2 Å². The molecule has 0 aliphatic heterocycles. The monoisotopic (exact) mass is 339 g/mol. The molecule has 1 aromatic rings. The lowest BCUT2D eigenvalue weighted by Gasteiger charge is -2.23. The molecule has 2 atom stereocenters. The zero-order valence-electron chi connectivity index (χ0n) is 11.9. The predicted octanol–water partition coefficient (Wildman–Crippen LogP) is 4.21. The van der Waals surface area contributed by atoms with Crippen molar-refractivity contribution in [1.29, 1.82) is 0 Å². The molecule has 20 heavy (non-hydrogen) atoms. The van der Waals surface area contributed by atoms with Gasteiger partial charge in [0, 0.05) is 17.1 Å². The summed E-state index contributed by atoms with van der Waals surface area (Å²) in [6.45, 7) is 3.11. The van der Waals surface area contributed by atoms with Crippen molar-refractivity contribution in [1.82, 2.24) is 5.32 Å². The van der Waals surface area contributed by atoms with E-state index in [4.69, 9.17) is 5.11 Å². The maximum absolute atomic E-state index is 10.9. The average Bonchev–Trinajstić information content (AvgIpc) is 2.62. The third kappa shape index (κ3) is 4.06. The Balaban J connectivity index is 1.97. The van der Waals surface area contributed by atoms with Crippen LogP contribution in [-0.4, -0.2) is 17.1 Å². The molecule has 0 amide bonds. The molecule has 0 radical (unpaired) electrons. The molecule has 0 heterocycles. The lowest BCUT2D eigenvalue weighted by Crippen LogP contribution is -2.33. The third-order valence-corrected chi connectivity index (χ3v) is 4.95. The fourth-order valence-electron chi connectivity index (χ4n) is 2.86. The van der Waals surface area contributed by atoms with Crippen molar-refractivity contribution in [2.75, 3.05) is 0 Å². The van der Waals surface area contributed by atoms with Crippen molar-refractivity contribution in [2.24, 2.45) is 5.92 Å². The largest absolute Gasteiger partial charge is 0.478 e. The van der Waals surface area contributed by atoms with Crippen molar-refractivity contribution in [3.05, 3.63) is 33.8 Å². The molecule has 1 aliphatic carbocycles. The van der Waals surface area contributed by atoms with Crippen molar-refractivity contribution in [3.63, 3.8) is 0 Å². The van der Waals surface area contributed by atoms with E-state index in [0.29, 0.717) is 11.6 Å². The zero-order valence-corrected chi connectivity index (χ0v) is 13.4. The Morgan fingerprint density at radius 1 is 1.35 bits per heavy atom. The van der Waals surface area contributed by atoms with Crippen LogP contribution in [0.3, 0.4) is 0 Å². The van der Waals surface area contributed by atoms with Crippen LogP contribution >= 0.6 is 15.9 Å². The molecule has 0 spiro atoms. The Morgan fingerprint density at radius 3 is 2.80 bits per heavy atom. The van der Waals surface area contributed by atoms with Gasteiger partial charge < -0.3 is 10.4 Å². The predicted molar refractivity (Wildman–Crippen MR) is 84.0 cm³/mol. The summed E-state index contributed by atoms with van der Waals surface area (Å²) in [6.07, 6.45) is 6.54. The number of hydrogen-bond acceptors (Lipinski definition) is 2. The number of benzene rings is 1. The van der Waals surface area contributed by atoms with E-state index in [1.54, 1.807) is 12.1 Å². The summed E-state index contributed by atoms with van der Waals surface area (Å²) in [7, 11) is 0. The van der Waals surface area contributed by atoms with E-state index < -0.39 is 5.97 Å². The quantitative estimate of drug-likeness (QED) is 0.808. The molecule has 1 fully saturated rings. The minimum absolute atomic E-state index is 0.323. The highest BCUT2D eigenvalue weighted by Gasteiger charge is 2.19. The second-order valence-corrected chi connectivity index (χ2v) is 6.57. The van der Waals surface area contributed by atoms with Crippen LogP contribution in [0.5, 0.6) is 0 Å². The minimum Gasteiger partial charge on any atom is -0.478 e. The molecule has 4 heteroatoms. The fraction of sp³-hybridized carbons (Fsp3) is 0.562. The molecule has 1 saturated carbocycles. The summed E-state index contributed by atoms with van der Waals surface area (Å²) in [5, 5.41) is 12.6. The van der Waals surface area contributed by atoms with Gasteiger partial charge in [-0.25, -0.2) is 4.79 Å². The molecule has 2 unspecified atom stereocenters. The summed E-state index contributed by atoms with van der Waals surface area (Å²) in [5.74, 6) is -0.169. The SMILES string of the molecule is CC1CCCCCC1NCc1ccc(C(=O)O)cc1Br. The molecule has 110 valence electrons. The van der Waals surface area contributed by atoms with Crippen molar-refractivity contribution < 1.29 is 9.90 Å². The van der Waals surface area contributed by atoms with Crippen LogP contribution in [-0.2, 0) is 6.54 Å². The van der Waals surface area contributed by atoms with E-state index in [1.165, 1.54) is 32.1 Å². The highest BCUT2D eigenvalue weighted by Crippen LogP contribution is 2.24. The van der Waals surface area contributed by atoms with Gasteiger partial charge in [0.1, 0.15) is 0 Å². The molecule has 1 aliphatic rings. The van der Waals surface area contributed by atoms with E-state index in [1.807, 2.05) is 6.07 Å². The van der Waals surface area contributed by atoms with Gasteiger partial charge >= 0.3 is 5.97 Å². The standard InChI is InChI=1S/C16H22BrNO2/c1-11-5-3-2-4-6-15(11)18-10-13-8-7-12(16(19)20)9-14(13)17/h7-9,11,15,18H,2-6,10H2,1H3,(H,19,20). The van der Waals surface area contributed by atoms with Gasteiger partial charge in [0.15, 0.2) is 0 Å². The van der Waals surface area contributed by atoms with Gasteiger partial charge in [0.25, 0.3) is 0 Å². The summed E-state index contributed by atoms with van der Waals surface area (Å²) in [6, 6.07) is 5.81. The van der Waals surface area contributed by atoms with E-state index >= 15 is 0 Å². The van der Waals surface area contributed by atoms with Crippen LogP contribution in [0.2, 0.25) is 0 Å². The van der Waals surface area contributed by atoms with Crippen LogP contribution in [0.15, 0.2) is 22.7 Å². The third-order valence-electron chi connectivity index (χ3n) is 4.22. The number of rotatable bonds is 4. The second-order valence-electron chi connectivity index (χ2n) is 5.71. The molecule has 0 saturated heterocycles. The molecule has 1 aromatic carbocycles. The summed E-state index contributed by atoms with van der Waals surface area (Å²) in [4.78, 5) is 10.9. The topological polar surface area (TPSA) is 49.3 Å². The smallest absolute Gasteiger partial charge is 0.335 e. The normalized spacial score (nSPS) is 23.3. The van der Waals surface area contributed by atoms with Crippen LogP contribution in [0.1, 0.15) is 54.9 Å². The summed E-state index contributed by atoms with van der Waals surface area (Å²) in [5.41, 5.74) is 1.44. The van der Waals surface area contributed by atoms with E-state index in [2.05, 4.69) is 28.2 Å². The van der Waals surface area contributed by atoms with E-state index in [0.717, 1.165) is 22.5 Å². The number of carbonyl (C=O) groups is 1. The van der Waals surface area contributed by atoms with Crippen LogP contribution in [0.4, 0.5) is 0 Å². The van der Waals surface area contributed by atoms with Gasteiger partial charge in [-0.15, -0.1) is 0 Å². The zero-order chi connectivity index (χ0) is 14.5. The number of carboxylic acids is 1. The maximum Gasteiger partial charge on any atom is 0.335 e. The first-order valence-electron chi connectivity index (χ1n) is 7.33. The number of carboxylic acid groups (broad SMARTS) is 1. The fourth-order valence-corrected chi connectivity index (χ4v) is 3.38. The van der Waals surface area contributed by atoms with Crippen molar-refractivity contribution in [2.45, 2.75) is 51.6 Å². The van der Waals surface area contributed by atoms with Crippen LogP contribution in [0, 0.1) is 5.92 Å². The second kappa shape index (κ2) is 7.23. The van der Waals surface area contributed by atoms with Crippen LogP contribution < -0.4 is 5.32 Å². The number of nitrogens with one attached hydrogen (secondary N) is 1. The highest BCUT2D eigenvalue weighted by atomic mass is 79.9. The summed E-state index contributed by atoms with van der Waals surface area (Å²) < 4.78 is 0.867. The molecule has 0 aromatic heterocycles.